The topological polar surface area (TPSA) is 122 Å². The van der Waals surface area contributed by atoms with Gasteiger partial charge in [0.2, 0.25) is 5.91 Å². The van der Waals surface area contributed by atoms with Crippen molar-refractivity contribution in [2.45, 2.75) is 0 Å². The van der Waals surface area contributed by atoms with Gasteiger partial charge in [-0.05, 0) is 12.1 Å². The first-order valence-electron chi connectivity index (χ1n) is 6.32. The maximum atomic E-state index is 12.1. The minimum Gasteiger partial charge on any atom is -0.480 e. The average Bonchev–Trinajstić information content (AvgIpc) is 2.48. The van der Waals surface area contributed by atoms with E-state index in [1.165, 1.54) is 12.1 Å². The Balaban J connectivity index is 2.00. The molecule has 1 aliphatic rings. The van der Waals surface area contributed by atoms with Crippen molar-refractivity contribution in [3.63, 3.8) is 0 Å². The summed E-state index contributed by atoms with van der Waals surface area (Å²) in [4.78, 5) is 49.1. The summed E-state index contributed by atoms with van der Waals surface area (Å²) >= 11 is 0. The molecule has 22 heavy (non-hydrogen) atoms. The Labute approximate surface area is 124 Å². The van der Waals surface area contributed by atoms with Crippen molar-refractivity contribution in [1.29, 1.82) is 0 Å². The summed E-state index contributed by atoms with van der Waals surface area (Å²) in [7, 11) is 0. The van der Waals surface area contributed by atoms with Crippen molar-refractivity contribution in [2.75, 3.05) is 13.1 Å². The number of nitrogens with one attached hydrogen (secondary N) is 1. The highest BCUT2D eigenvalue weighted by Gasteiger charge is 2.34. The molecule has 0 unspecified atom stereocenters. The van der Waals surface area contributed by atoms with E-state index in [4.69, 9.17) is 9.84 Å². The molecule has 0 spiro atoms. The Bertz CT molecular complexity index is 667. The second-order valence-electron chi connectivity index (χ2n) is 4.42. The number of esters is 1. The molecule has 1 amide bonds. The van der Waals surface area contributed by atoms with Gasteiger partial charge in [-0.1, -0.05) is 12.1 Å². The van der Waals surface area contributed by atoms with Crippen molar-refractivity contribution in [3.8, 4) is 5.75 Å². The quantitative estimate of drug-likeness (QED) is 0.332. The summed E-state index contributed by atoms with van der Waals surface area (Å²) in [6.07, 6.45) is 1.04. The second-order valence-corrected chi connectivity index (χ2v) is 4.42. The van der Waals surface area contributed by atoms with Crippen LogP contribution < -0.4 is 10.1 Å². The lowest BCUT2D eigenvalue weighted by atomic mass is 9.95. The lowest BCUT2D eigenvalue weighted by molar-refractivity contribution is -0.137. The van der Waals surface area contributed by atoms with Crippen LogP contribution in [0.3, 0.4) is 0 Å². The van der Waals surface area contributed by atoms with Gasteiger partial charge in [0, 0.05) is 6.21 Å². The third-order valence-corrected chi connectivity index (χ3v) is 2.83. The molecule has 1 heterocycles. The van der Waals surface area contributed by atoms with Crippen LogP contribution >= 0.6 is 0 Å². The molecule has 2 N–H and O–H groups in total. The maximum absolute atomic E-state index is 12.1. The van der Waals surface area contributed by atoms with Crippen molar-refractivity contribution in [2.24, 2.45) is 10.9 Å². The van der Waals surface area contributed by atoms with Crippen molar-refractivity contribution in [1.82, 2.24) is 5.32 Å². The number of carboxylic acid groups (broad SMARTS) is 1. The third kappa shape index (κ3) is 3.54. The minimum atomic E-state index is -1.21. The summed E-state index contributed by atoms with van der Waals surface area (Å²) in [5.41, 5.74) is 0.272. The van der Waals surface area contributed by atoms with E-state index < -0.39 is 36.1 Å². The number of nitrogens with zero attached hydrogens (tertiary/aromatic N) is 1. The normalized spacial score (nSPS) is 17.0. The SMILES string of the molecule is O=C(O)CNC(=O)CN=C[C@@H]1C(=O)Oc2ccccc2C1=O. The Morgan fingerprint density at radius 2 is 2.05 bits per heavy atom. The highest BCUT2D eigenvalue weighted by molar-refractivity contribution is 6.22. The third-order valence-electron chi connectivity index (χ3n) is 2.83. The zero-order valence-corrected chi connectivity index (χ0v) is 11.3. The molecule has 0 fully saturated rings. The number of para-hydroxylation sites is 1. The van der Waals surface area contributed by atoms with Gasteiger partial charge in [-0.2, -0.15) is 0 Å². The van der Waals surface area contributed by atoms with Crippen LogP contribution in [0.4, 0.5) is 0 Å². The summed E-state index contributed by atoms with van der Waals surface area (Å²) in [5.74, 6) is -4.04. The molecule has 1 aromatic rings. The van der Waals surface area contributed by atoms with Crippen LogP contribution in [0, 0.1) is 5.92 Å². The molecule has 2 rings (SSSR count). The number of aliphatic carboxylic acids is 1. The molecule has 0 saturated carbocycles. The Kier molecular flexibility index (Phi) is 4.62. The fraction of sp³-hybridized carbons (Fsp3) is 0.214. The van der Waals surface area contributed by atoms with Gasteiger partial charge in [-0.3, -0.25) is 24.2 Å². The Morgan fingerprint density at radius 1 is 1.32 bits per heavy atom. The van der Waals surface area contributed by atoms with Crippen molar-refractivity contribution < 1.29 is 29.0 Å². The smallest absolute Gasteiger partial charge is 0.327 e. The fourth-order valence-corrected chi connectivity index (χ4v) is 1.81. The second kappa shape index (κ2) is 6.61. The number of Topliss-reactive ketones (excluding diaryl/α,β-unsaturated/α-hetero) is 1. The van der Waals surface area contributed by atoms with Crippen LogP contribution in [0.5, 0.6) is 5.75 Å². The molecule has 1 atom stereocenters. The number of ketones is 1. The molecule has 0 radical (unpaired) electrons. The van der Waals surface area contributed by atoms with E-state index in [2.05, 4.69) is 10.3 Å². The summed E-state index contributed by atoms with van der Waals surface area (Å²) in [5, 5.41) is 10.5. The first kappa shape index (κ1) is 15.4. The van der Waals surface area contributed by atoms with Gasteiger partial charge in [0.15, 0.2) is 11.7 Å². The fourth-order valence-electron chi connectivity index (χ4n) is 1.81. The molecular formula is C14H12N2O6. The number of hydrogen-bond donors (Lipinski definition) is 2. The van der Waals surface area contributed by atoms with E-state index in [1.807, 2.05) is 0 Å². The highest BCUT2D eigenvalue weighted by atomic mass is 16.5. The van der Waals surface area contributed by atoms with E-state index in [0.717, 1.165) is 6.21 Å². The Hall–Kier alpha value is -3.03. The Morgan fingerprint density at radius 3 is 2.77 bits per heavy atom. The number of carbonyl (C=O) groups is 4. The van der Waals surface area contributed by atoms with Crippen LogP contribution in [-0.4, -0.2) is 48.0 Å². The first-order chi connectivity index (χ1) is 10.5. The number of carbonyl (C=O) groups excluding carboxylic acids is 3. The number of aliphatic imine (C=N–C) groups is 1. The van der Waals surface area contributed by atoms with Gasteiger partial charge in [0.05, 0.1) is 5.56 Å². The number of amides is 1. The number of benzene rings is 1. The molecule has 1 aromatic carbocycles. The van der Waals surface area contributed by atoms with Crippen LogP contribution in [0.2, 0.25) is 0 Å². The number of ether oxygens (including phenoxy) is 1. The number of rotatable bonds is 5. The molecule has 8 nitrogen and oxygen atoms in total. The lowest BCUT2D eigenvalue weighted by Crippen LogP contribution is -2.35. The molecular weight excluding hydrogens is 292 g/mol. The van der Waals surface area contributed by atoms with E-state index in [-0.39, 0.29) is 17.9 Å². The zero-order valence-electron chi connectivity index (χ0n) is 11.3. The van der Waals surface area contributed by atoms with Crippen LogP contribution in [-0.2, 0) is 14.4 Å². The molecule has 0 bridgehead atoms. The minimum absolute atomic E-state index is 0.196. The molecule has 0 aliphatic carbocycles. The van der Waals surface area contributed by atoms with E-state index in [1.54, 1.807) is 12.1 Å². The lowest BCUT2D eigenvalue weighted by Gasteiger charge is -2.19. The predicted molar refractivity (Wildman–Crippen MR) is 73.9 cm³/mol. The molecule has 114 valence electrons. The van der Waals surface area contributed by atoms with E-state index in [0.29, 0.717) is 0 Å². The number of carboxylic acids is 1. The number of fused-ring (bicyclic) bond motifs is 1. The van der Waals surface area contributed by atoms with Gasteiger partial charge >= 0.3 is 11.9 Å². The van der Waals surface area contributed by atoms with Crippen molar-refractivity contribution in [3.05, 3.63) is 29.8 Å². The van der Waals surface area contributed by atoms with Crippen LogP contribution in [0.1, 0.15) is 10.4 Å². The van der Waals surface area contributed by atoms with Gasteiger partial charge in [0.1, 0.15) is 18.8 Å². The van der Waals surface area contributed by atoms with Gasteiger partial charge in [-0.15, -0.1) is 0 Å². The summed E-state index contributed by atoms with van der Waals surface area (Å²) in [6, 6.07) is 6.33. The predicted octanol–water partition coefficient (Wildman–Crippen LogP) is -0.324. The summed E-state index contributed by atoms with van der Waals surface area (Å²) < 4.78 is 5.02. The van der Waals surface area contributed by atoms with Crippen LogP contribution in [0.25, 0.3) is 0 Å². The summed E-state index contributed by atoms with van der Waals surface area (Å²) in [6.45, 7) is -0.905. The maximum Gasteiger partial charge on any atom is 0.327 e. The van der Waals surface area contributed by atoms with E-state index in [9.17, 15) is 19.2 Å². The van der Waals surface area contributed by atoms with Crippen LogP contribution in [0.15, 0.2) is 29.3 Å². The monoisotopic (exact) mass is 304 g/mol. The highest BCUT2D eigenvalue weighted by Crippen LogP contribution is 2.26. The molecule has 1 aliphatic heterocycles. The van der Waals surface area contributed by atoms with Crippen molar-refractivity contribution >= 4 is 29.8 Å². The van der Waals surface area contributed by atoms with Gasteiger partial charge in [0.25, 0.3) is 0 Å². The largest absolute Gasteiger partial charge is 0.480 e. The zero-order chi connectivity index (χ0) is 16.1. The molecule has 8 heteroatoms. The number of hydrogen-bond acceptors (Lipinski definition) is 6. The standard InChI is InChI=1S/C14H12N2O6/c17-11(16-7-12(18)19)6-15-5-9-13(20)8-3-1-2-4-10(8)22-14(9)21/h1-5,9H,6-7H2,(H,16,17)(H,18,19)/t9-/m0/s1. The molecule has 0 aromatic heterocycles. The van der Waals surface area contributed by atoms with E-state index >= 15 is 0 Å². The first-order valence-corrected chi connectivity index (χ1v) is 6.32. The average molecular weight is 304 g/mol. The van der Waals surface area contributed by atoms with Gasteiger partial charge in [-0.25, -0.2) is 0 Å². The molecule has 0 saturated heterocycles. The van der Waals surface area contributed by atoms with Gasteiger partial charge < -0.3 is 15.2 Å².